The van der Waals surface area contributed by atoms with Gasteiger partial charge in [0.2, 0.25) is 0 Å². The number of halogens is 1. The molecule has 2 aliphatic heterocycles. The monoisotopic (exact) mass is 517 g/mol. The Morgan fingerprint density at radius 1 is 1.14 bits per heavy atom. The maximum Gasteiger partial charge on any atom is 0.270 e. The summed E-state index contributed by atoms with van der Waals surface area (Å²) in [5.41, 5.74) is 4.21. The number of likely N-dealkylation sites (tertiary alicyclic amines) is 2. The van der Waals surface area contributed by atoms with E-state index in [0.717, 1.165) is 48.9 Å². The lowest BCUT2D eigenvalue weighted by molar-refractivity contribution is 0.0645. The van der Waals surface area contributed by atoms with E-state index in [1.54, 1.807) is 0 Å². The average molecular weight is 518 g/mol. The fraction of sp³-hybridized carbons (Fsp3) is 0.469. The second-order valence-corrected chi connectivity index (χ2v) is 12.0. The van der Waals surface area contributed by atoms with Crippen LogP contribution in [0.15, 0.2) is 54.6 Å². The summed E-state index contributed by atoms with van der Waals surface area (Å²) in [6.07, 6.45) is 9.36. The van der Waals surface area contributed by atoms with Gasteiger partial charge in [0.05, 0.1) is 5.02 Å². The third-order valence-corrected chi connectivity index (χ3v) is 9.21. The average Bonchev–Trinajstić information content (AvgIpc) is 3.33. The molecule has 37 heavy (non-hydrogen) atoms. The highest BCUT2D eigenvalue weighted by Crippen LogP contribution is 2.38. The molecule has 0 aliphatic carbocycles. The number of allylic oxidation sites excluding steroid dienone is 1. The van der Waals surface area contributed by atoms with E-state index in [1.165, 1.54) is 31.5 Å². The van der Waals surface area contributed by atoms with Crippen LogP contribution < -0.4 is 0 Å². The highest BCUT2D eigenvalue weighted by Gasteiger charge is 2.34. The number of rotatable bonds is 6. The largest absolute Gasteiger partial charge is 0.350 e. The van der Waals surface area contributed by atoms with Crippen molar-refractivity contribution in [2.24, 2.45) is 17.3 Å². The number of benzene rings is 2. The molecular formula is C32H40ClN3O. The quantitative estimate of drug-likeness (QED) is 0.369. The first-order valence-electron chi connectivity index (χ1n) is 13.9. The van der Waals surface area contributed by atoms with Crippen LogP contribution in [0.2, 0.25) is 5.02 Å². The van der Waals surface area contributed by atoms with Gasteiger partial charge in [0.1, 0.15) is 5.69 Å². The first kappa shape index (κ1) is 26.1. The van der Waals surface area contributed by atoms with Gasteiger partial charge in [0.25, 0.3) is 5.91 Å². The zero-order valence-corrected chi connectivity index (χ0v) is 23.2. The van der Waals surface area contributed by atoms with Gasteiger partial charge in [-0.05, 0) is 92.3 Å². The van der Waals surface area contributed by atoms with E-state index < -0.39 is 0 Å². The first-order valence-corrected chi connectivity index (χ1v) is 14.2. The fourth-order valence-corrected chi connectivity index (χ4v) is 6.37. The molecular weight excluding hydrogens is 478 g/mol. The predicted octanol–water partition coefficient (Wildman–Crippen LogP) is 7.43. The third-order valence-electron chi connectivity index (χ3n) is 8.90. The summed E-state index contributed by atoms with van der Waals surface area (Å²) < 4.78 is 0. The lowest BCUT2D eigenvalue weighted by Crippen LogP contribution is -2.45. The zero-order valence-electron chi connectivity index (χ0n) is 22.5. The second-order valence-electron chi connectivity index (χ2n) is 11.6. The number of hydrogen-bond acceptors (Lipinski definition) is 2. The molecule has 2 aliphatic rings. The highest BCUT2D eigenvalue weighted by molar-refractivity contribution is 6.35. The van der Waals surface area contributed by atoms with Crippen LogP contribution in [0.3, 0.4) is 0 Å². The molecule has 1 amide bonds. The van der Waals surface area contributed by atoms with Crippen LogP contribution in [0, 0.1) is 24.2 Å². The maximum atomic E-state index is 13.2. The van der Waals surface area contributed by atoms with Crippen molar-refractivity contribution in [2.75, 3.05) is 32.7 Å². The summed E-state index contributed by atoms with van der Waals surface area (Å²) in [5, 5.41) is 1.62. The van der Waals surface area contributed by atoms with Gasteiger partial charge in [-0.3, -0.25) is 4.79 Å². The molecule has 3 aromatic rings. The van der Waals surface area contributed by atoms with Crippen LogP contribution in [0.4, 0.5) is 0 Å². The van der Waals surface area contributed by atoms with Crippen molar-refractivity contribution < 1.29 is 4.79 Å². The number of amides is 1. The Morgan fingerprint density at radius 3 is 2.62 bits per heavy atom. The van der Waals surface area contributed by atoms with Gasteiger partial charge >= 0.3 is 0 Å². The smallest absolute Gasteiger partial charge is 0.270 e. The third kappa shape index (κ3) is 5.97. The molecule has 2 saturated heterocycles. The minimum absolute atomic E-state index is 0.0936. The standard InChI is InChI=1S/C32H40ClN3O/c1-23-19-28(33)27-21-30(34-29(27)20-23)31(37)36-16-11-26(12-17-36)10-15-35-18-14-32(3,24(2)22-35)13-9-25-7-5-4-6-8-25/h4-9,13,19-21,24,26,34H,10-12,14-18,22H2,1-3H3/b13-9-. The molecule has 2 aromatic carbocycles. The minimum Gasteiger partial charge on any atom is -0.350 e. The van der Waals surface area contributed by atoms with Crippen LogP contribution in [-0.4, -0.2) is 53.4 Å². The number of aromatic amines is 1. The van der Waals surface area contributed by atoms with Crippen molar-refractivity contribution in [1.29, 1.82) is 0 Å². The number of H-pyrrole nitrogens is 1. The maximum absolute atomic E-state index is 13.2. The molecule has 2 atom stereocenters. The van der Waals surface area contributed by atoms with E-state index in [4.69, 9.17) is 11.6 Å². The van der Waals surface area contributed by atoms with E-state index in [1.807, 2.05) is 30.0 Å². The Labute approximate surface area is 226 Å². The zero-order chi connectivity index (χ0) is 26.0. The Hall–Kier alpha value is -2.56. The second kappa shape index (κ2) is 11.0. The SMILES string of the molecule is Cc1cc(Cl)c2cc(C(=O)N3CCC(CCN4CCC(C)(/C=C\c5ccccc5)C(C)C4)CC3)[nH]c2c1. The Bertz CT molecular complexity index is 1260. The Balaban J connectivity index is 1.08. The van der Waals surface area contributed by atoms with E-state index in [2.05, 4.69) is 66.2 Å². The van der Waals surface area contributed by atoms with E-state index in [0.29, 0.717) is 22.6 Å². The van der Waals surface area contributed by atoms with Crippen molar-refractivity contribution in [2.45, 2.75) is 46.5 Å². The van der Waals surface area contributed by atoms with Gasteiger partial charge in [-0.2, -0.15) is 0 Å². The van der Waals surface area contributed by atoms with Crippen LogP contribution >= 0.6 is 11.6 Å². The van der Waals surface area contributed by atoms with E-state index >= 15 is 0 Å². The van der Waals surface area contributed by atoms with Gasteiger partial charge in [-0.25, -0.2) is 0 Å². The topological polar surface area (TPSA) is 39.3 Å². The molecule has 0 saturated carbocycles. The number of nitrogens with zero attached hydrogens (tertiary/aromatic N) is 2. The molecule has 4 nitrogen and oxygen atoms in total. The highest BCUT2D eigenvalue weighted by atomic mass is 35.5. The van der Waals surface area contributed by atoms with Gasteiger partial charge in [-0.1, -0.05) is 67.9 Å². The van der Waals surface area contributed by atoms with Crippen molar-refractivity contribution in [3.63, 3.8) is 0 Å². The van der Waals surface area contributed by atoms with Crippen LogP contribution in [-0.2, 0) is 0 Å². The predicted molar refractivity (Wildman–Crippen MR) is 155 cm³/mol. The number of nitrogens with one attached hydrogen (secondary N) is 1. The number of piperidine rings is 2. The van der Waals surface area contributed by atoms with E-state index in [9.17, 15) is 4.79 Å². The Morgan fingerprint density at radius 2 is 1.89 bits per heavy atom. The summed E-state index contributed by atoms with van der Waals surface area (Å²) in [6.45, 7) is 12.0. The molecule has 5 rings (SSSR count). The summed E-state index contributed by atoms with van der Waals surface area (Å²) in [4.78, 5) is 21.1. The van der Waals surface area contributed by atoms with Gasteiger partial charge in [0, 0.05) is 30.5 Å². The number of fused-ring (bicyclic) bond motifs is 1. The normalized spacial score (nSPS) is 23.8. The summed E-state index contributed by atoms with van der Waals surface area (Å²) >= 11 is 6.40. The number of aryl methyl sites for hydroxylation is 1. The van der Waals surface area contributed by atoms with Crippen LogP contribution in [0.5, 0.6) is 0 Å². The summed E-state index contributed by atoms with van der Waals surface area (Å²) in [5.74, 6) is 1.43. The van der Waals surface area contributed by atoms with Gasteiger partial charge < -0.3 is 14.8 Å². The molecule has 0 spiro atoms. The molecule has 0 bridgehead atoms. The number of carbonyl (C=O) groups excluding carboxylic acids is 1. The van der Waals surface area contributed by atoms with Crippen LogP contribution in [0.25, 0.3) is 17.0 Å². The minimum atomic E-state index is 0.0936. The number of carbonyl (C=O) groups is 1. The summed E-state index contributed by atoms with van der Waals surface area (Å²) in [7, 11) is 0. The van der Waals surface area contributed by atoms with Crippen LogP contribution in [0.1, 0.15) is 61.1 Å². The molecule has 0 radical (unpaired) electrons. The fourth-order valence-electron chi connectivity index (χ4n) is 6.04. The van der Waals surface area contributed by atoms with Crippen molar-refractivity contribution in [1.82, 2.24) is 14.8 Å². The lowest BCUT2D eigenvalue weighted by Gasteiger charge is -2.43. The number of aromatic nitrogens is 1. The first-order chi connectivity index (χ1) is 17.8. The molecule has 2 unspecified atom stereocenters. The lowest BCUT2D eigenvalue weighted by atomic mass is 9.72. The summed E-state index contributed by atoms with van der Waals surface area (Å²) in [6, 6.07) is 16.5. The van der Waals surface area contributed by atoms with E-state index in [-0.39, 0.29) is 11.3 Å². The van der Waals surface area contributed by atoms with Gasteiger partial charge in [0.15, 0.2) is 0 Å². The number of hydrogen-bond donors (Lipinski definition) is 1. The van der Waals surface area contributed by atoms with Crippen molar-refractivity contribution >= 4 is 34.5 Å². The van der Waals surface area contributed by atoms with Gasteiger partial charge in [-0.15, -0.1) is 0 Å². The molecule has 5 heteroatoms. The molecule has 196 valence electrons. The van der Waals surface area contributed by atoms with Crippen molar-refractivity contribution in [3.8, 4) is 0 Å². The Kier molecular flexibility index (Phi) is 7.78. The van der Waals surface area contributed by atoms with Crippen molar-refractivity contribution in [3.05, 3.63) is 76.5 Å². The molecule has 1 N–H and O–H groups in total. The molecule has 1 aromatic heterocycles. The molecule has 2 fully saturated rings. The molecule has 3 heterocycles.